The normalized spacial score (nSPS) is 10.6. The quantitative estimate of drug-likeness (QED) is 0.692. The van der Waals surface area contributed by atoms with E-state index >= 15 is 0 Å². The summed E-state index contributed by atoms with van der Waals surface area (Å²) in [4.78, 5) is 24.8. The van der Waals surface area contributed by atoms with Crippen molar-refractivity contribution in [2.24, 2.45) is 0 Å². The van der Waals surface area contributed by atoms with Crippen molar-refractivity contribution in [3.63, 3.8) is 0 Å². The highest BCUT2D eigenvalue weighted by atomic mass is 32.1. The van der Waals surface area contributed by atoms with Gasteiger partial charge in [-0.2, -0.15) is 0 Å². The van der Waals surface area contributed by atoms with Crippen molar-refractivity contribution in [2.45, 2.75) is 20.3 Å². The van der Waals surface area contributed by atoms with E-state index in [1.807, 2.05) is 44.2 Å². The Morgan fingerprint density at radius 1 is 1.33 bits per heavy atom. The Bertz CT molecular complexity index is 946. The maximum Gasteiger partial charge on any atom is 0.229 e. The molecule has 0 saturated heterocycles. The molecule has 0 saturated carbocycles. The van der Waals surface area contributed by atoms with Crippen LogP contribution in [0.3, 0.4) is 0 Å². The Morgan fingerprint density at radius 3 is 2.88 bits per heavy atom. The molecule has 2 aromatic heterocycles. The number of carbonyl (C=O) groups is 1. The van der Waals surface area contributed by atoms with Crippen LogP contribution in [-0.2, 0) is 11.2 Å². The van der Waals surface area contributed by atoms with E-state index in [4.69, 9.17) is 12.2 Å². The number of hydrogen-bond donors (Lipinski definition) is 2. The Labute approximate surface area is 148 Å². The maximum atomic E-state index is 12.3. The molecular weight excluding hydrogens is 340 g/mol. The van der Waals surface area contributed by atoms with E-state index in [-0.39, 0.29) is 5.91 Å². The number of rotatable bonds is 4. The number of aromatic amines is 1. The smallest absolute Gasteiger partial charge is 0.229 e. The van der Waals surface area contributed by atoms with Gasteiger partial charge in [0, 0.05) is 28.0 Å². The largest absolute Gasteiger partial charge is 0.341 e. The van der Waals surface area contributed by atoms with Gasteiger partial charge in [0.05, 0.1) is 12.1 Å². The van der Waals surface area contributed by atoms with E-state index in [1.165, 1.54) is 11.3 Å². The van der Waals surface area contributed by atoms with Gasteiger partial charge in [-0.25, -0.2) is 9.97 Å². The Kier molecular flexibility index (Phi) is 4.82. The lowest BCUT2D eigenvalue weighted by molar-refractivity contribution is -0.115. The number of nitrogens with one attached hydrogen (secondary N) is 2. The number of thiazole rings is 1. The summed E-state index contributed by atoms with van der Waals surface area (Å²) >= 11 is 6.54. The molecule has 122 valence electrons. The lowest BCUT2D eigenvalue weighted by Crippen LogP contribution is -2.14. The third-order valence-electron chi connectivity index (χ3n) is 3.46. The summed E-state index contributed by atoms with van der Waals surface area (Å²) in [5, 5.41) is 2.93. The van der Waals surface area contributed by atoms with Crippen LogP contribution in [0.5, 0.6) is 0 Å². The van der Waals surface area contributed by atoms with Gasteiger partial charge in [-0.05, 0) is 44.3 Å². The molecule has 0 aliphatic carbocycles. The average Bonchev–Trinajstić information content (AvgIpc) is 2.85. The van der Waals surface area contributed by atoms with Crippen LogP contribution in [-0.4, -0.2) is 20.9 Å². The van der Waals surface area contributed by atoms with E-state index in [1.54, 1.807) is 6.20 Å². The minimum Gasteiger partial charge on any atom is -0.341 e. The molecule has 0 aliphatic heterocycles. The molecule has 2 heterocycles. The van der Waals surface area contributed by atoms with Crippen LogP contribution in [0.4, 0.5) is 5.69 Å². The molecule has 0 fully saturated rings. The first-order valence-electron chi connectivity index (χ1n) is 7.40. The number of H-pyrrole nitrogens is 1. The van der Waals surface area contributed by atoms with Gasteiger partial charge < -0.3 is 10.3 Å². The summed E-state index contributed by atoms with van der Waals surface area (Å²) < 4.78 is 0.691. The third kappa shape index (κ3) is 3.93. The number of aryl methyl sites for hydroxylation is 2. The summed E-state index contributed by atoms with van der Waals surface area (Å²) in [6, 6.07) is 9.48. The van der Waals surface area contributed by atoms with E-state index in [2.05, 4.69) is 20.3 Å². The van der Waals surface area contributed by atoms with Crippen molar-refractivity contribution in [3.8, 4) is 11.3 Å². The minimum absolute atomic E-state index is 0.0700. The number of aromatic nitrogens is 3. The molecule has 0 atom stereocenters. The van der Waals surface area contributed by atoms with E-state index in [0.717, 1.165) is 27.5 Å². The predicted octanol–water partition coefficient (Wildman–Crippen LogP) is 4.06. The van der Waals surface area contributed by atoms with Gasteiger partial charge in [-0.1, -0.05) is 12.1 Å². The number of amides is 1. The van der Waals surface area contributed by atoms with E-state index < -0.39 is 0 Å². The third-order valence-corrected chi connectivity index (χ3v) is 4.80. The summed E-state index contributed by atoms with van der Waals surface area (Å²) in [7, 11) is 0. The van der Waals surface area contributed by atoms with Gasteiger partial charge >= 0.3 is 0 Å². The van der Waals surface area contributed by atoms with Crippen molar-refractivity contribution in [3.05, 3.63) is 56.9 Å². The molecule has 24 heavy (non-hydrogen) atoms. The van der Waals surface area contributed by atoms with Crippen molar-refractivity contribution in [1.82, 2.24) is 15.0 Å². The standard InChI is InChI=1S/C17H16N4OS2/c1-10-15(24-17(23)19-10)9-16(22)21-13-5-3-4-12(8-13)14-6-7-18-11(2)20-14/h3-8H,9H2,1-2H3,(H,19,23)(H,21,22). The molecule has 7 heteroatoms. The van der Waals surface area contributed by atoms with Gasteiger partial charge in [0.25, 0.3) is 0 Å². The van der Waals surface area contributed by atoms with Crippen LogP contribution in [0.25, 0.3) is 11.3 Å². The van der Waals surface area contributed by atoms with Crippen LogP contribution in [0.15, 0.2) is 36.5 Å². The highest BCUT2D eigenvalue weighted by Crippen LogP contribution is 2.21. The molecule has 5 nitrogen and oxygen atoms in total. The second-order valence-electron chi connectivity index (χ2n) is 5.36. The summed E-state index contributed by atoms with van der Waals surface area (Å²) in [5.74, 6) is 0.644. The predicted molar refractivity (Wildman–Crippen MR) is 98.8 cm³/mol. The second-order valence-corrected chi connectivity index (χ2v) is 7.13. The van der Waals surface area contributed by atoms with Crippen molar-refractivity contribution >= 4 is 35.1 Å². The zero-order valence-corrected chi connectivity index (χ0v) is 14.9. The molecule has 0 unspecified atom stereocenters. The van der Waals surface area contributed by atoms with E-state index in [0.29, 0.717) is 16.2 Å². The van der Waals surface area contributed by atoms with Crippen LogP contribution in [0.2, 0.25) is 0 Å². The van der Waals surface area contributed by atoms with Crippen LogP contribution in [0.1, 0.15) is 16.4 Å². The van der Waals surface area contributed by atoms with Gasteiger partial charge in [-0.15, -0.1) is 11.3 Å². The summed E-state index contributed by atoms with van der Waals surface area (Å²) in [5.41, 5.74) is 3.46. The molecule has 0 radical (unpaired) electrons. The molecular formula is C17H16N4OS2. The van der Waals surface area contributed by atoms with Crippen molar-refractivity contribution < 1.29 is 4.79 Å². The lowest BCUT2D eigenvalue weighted by atomic mass is 10.1. The van der Waals surface area contributed by atoms with Gasteiger partial charge in [-0.3, -0.25) is 4.79 Å². The fourth-order valence-corrected chi connectivity index (χ4v) is 3.62. The lowest BCUT2D eigenvalue weighted by Gasteiger charge is -2.07. The first-order chi connectivity index (χ1) is 11.5. The Hall–Kier alpha value is -2.38. The molecule has 0 spiro atoms. The molecule has 0 bridgehead atoms. The highest BCUT2D eigenvalue weighted by Gasteiger charge is 2.10. The Morgan fingerprint density at radius 2 is 2.17 bits per heavy atom. The van der Waals surface area contributed by atoms with Gasteiger partial charge in [0.15, 0.2) is 3.95 Å². The fraction of sp³-hybridized carbons (Fsp3) is 0.176. The van der Waals surface area contributed by atoms with Gasteiger partial charge in [0.1, 0.15) is 5.82 Å². The number of nitrogens with zero attached hydrogens (tertiary/aromatic N) is 2. The van der Waals surface area contributed by atoms with Crippen molar-refractivity contribution in [1.29, 1.82) is 0 Å². The minimum atomic E-state index is -0.0700. The maximum absolute atomic E-state index is 12.3. The SMILES string of the molecule is Cc1nccc(-c2cccc(NC(=O)Cc3sc(=S)[nH]c3C)c2)n1. The zero-order chi connectivity index (χ0) is 17.1. The number of anilines is 1. The molecule has 1 aromatic carbocycles. The first-order valence-corrected chi connectivity index (χ1v) is 8.62. The monoisotopic (exact) mass is 356 g/mol. The number of carbonyl (C=O) groups excluding carboxylic acids is 1. The second kappa shape index (κ2) is 7.02. The summed E-state index contributed by atoms with van der Waals surface area (Å²) in [6.07, 6.45) is 2.03. The molecule has 0 aliphatic rings. The highest BCUT2D eigenvalue weighted by molar-refractivity contribution is 7.73. The van der Waals surface area contributed by atoms with Crippen LogP contribution < -0.4 is 5.32 Å². The molecule has 2 N–H and O–H groups in total. The number of hydrogen-bond acceptors (Lipinski definition) is 5. The fourth-order valence-electron chi connectivity index (χ4n) is 2.33. The van der Waals surface area contributed by atoms with Crippen LogP contribution >= 0.6 is 23.6 Å². The average molecular weight is 356 g/mol. The number of benzene rings is 1. The first kappa shape index (κ1) is 16.5. The zero-order valence-electron chi connectivity index (χ0n) is 13.3. The Balaban J connectivity index is 1.76. The molecule has 3 aromatic rings. The topological polar surface area (TPSA) is 70.7 Å². The molecule has 3 rings (SSSR count). The summed E-state index contributed by atoms with van der Waals surface area (Å²) in [6.45, 7) is 3.77. The molecule has 1 amide bonds. The van der Waals surface area contributed by atoms with Crippen molar-refractivity contribution in [2.75, 3.05) is 5.32 Å². The van der Waals surface area contributed by atoms with Gasteiger partial charge in [0.2, 0.25) is 5.91 Å². The van der Waals surface area contributed by atoms with E-state index in [9.17, 15) is 4.79 Å². The van der Waals surface area contributed by atoms with Crippen LogP contribution in [0, 0.1) is 17.8 Å².